The van der Waals surface area contributed by atoms with E-state index in [9.17, 15) is 0 Å². The molecule has 4 heteroatoms. The lowest BCUT2D eigenvalue weighted by atomic mass is 10.2. The molecule has 0 N–H and O–H groups in total. The molecule has 0 aliphatic carbocycles. The molecule has 1 aliphatic rings. The predicted molar refractivity (Wildman–Crippen MR) is 61.4 cm³/mol. The van der Waals surface area contributed by atoms with Crippen LogP contribution >= 0.6 is 22.6 Å². The fourth-order valence-corrected chi connectivity index (χ4v) is 1.87. The predicted octanol–water partition coefficient (Wildman–Crippen LogP) is 2.24. The molecule has 0 unspecified atom stereocenters. The average Bonchev–Trinajstić information content (AvgIpc) is 2.19. The van der Waals surface area contributed by atoms with Gasteiger partial charge >= 0.3 is 0 Å². The van der Waals surface area contributed by atoms with Crippen molar-refractivity contribution in [3.8, 4) is 5.88 Å². The molecule has 0 saturated carbocycles. The van der Waals surface area contributed by atoms with Crippen molar-refractivity contribution in [1.82, 2.24) is 4.98 Å². The van der Waals surface area contributed by atoms with E-state index in [0.29, 0.717) is 0 Å². The Labute approximate surface area is 97.0 Å². The third-order valence-corrected chi connectivity index (χ3v) is 2.75. The summed E-state index contributed by atoms with van der Waals surface area (Å²) in [4.78, 5) is 4.29. The minimum atomic E-state index is 0.273. The first-order valence-electron chi connectivity index (χ1n) is 4.71. The second kappa shape index (κ2) is 4.93. The summed E-state index contributed by atoms with van der Waals surface area (Å²) in [5.41, 5.74) is 0. The summed E-state index contributed by atoms with van der Waals surface area (Å²) in [5, 5.41) is 0. The number of ether oxygens (including phenoxy) is 2. The molecule has 0 radical (unpaired) electrons. The molecule has 2 heterocycles. The Balaban J connectivity index is 1.95. The molecule has 1 aromatic heterocycles. The molecule has 1 aromatic rings. The van der Waals surface area contributed by atoms with E-state index in [1.54, 1.807) is 0 Å². The normalized spacial score (nSPS) is 18.1. The molecule has 3 nitrogen and oxygen atoms in total. The summed E-state index contributed by atoms with van der Waals surface area (Å²) in [6.45, 7) is 1.60. The van der Waals surface area contributed by atoms with E-state index in [4.69, 9.17) is 9.47 Å². The highest BCUT2D eigenvalue weighted by atomic mass is 127. The molecule has 0 atom stereocenters. The maximum absolute atomic E-state index is 5.74. The molecule has 1 saturated heterocycles. The van der Waals surface area contributed by atoms with Gasteiger partial charge in [0, 0.05) is 18.9 Å². The number of halogens is 1. The highest BCUT2D eigenvalue weighted by Crippen LogP contribution is 2.16. The molecule has 1 aliphatic heterocycles. The van der Waals surface area contributed by atoms with Crippen LogP contribution < -0.4 is 4.74 Å². The maximum atomic E-state index is 5.74. The standard InChI is InChI=1S/C10H12INO2/c11-9-2-1-3-10(12-9)14-8-4-6-13-7-5-8/h1-3,8H,4-7H2. The summed E-state index contributed by atoms with van der Waals surface area (Å²) in [6.07, 6.45) is 2.20. The topological polar surface area (TPSA) is 31.4 Å². The minimum absolute atomic E-state index is 0.273. The highest BCUT2D eigenvalue weighted by molar-refractivity contribution is 14.1. The van der Waals surface area contributed by atoms with Gasteiger partial charge in [-0.2, -0.15) is 0 Å². The molecule has 76 valence electrons. The number of nitrogens with zero attached hydrogens (tertiary/aromatic N) is 1. The van der Waals surface area contributed by atoms with E-state index in [1.165, 1.54) is 0 Å². The van der Waals surface area contributed by atoms with Crippen LogP contribution in [0.25, 0.3) is 0 Å². The van der Waals surface area contributed by atoms with Gasteiger partial charge in [0.25, 0.3) is 0 Å². The molecule has 2 rings (SSSR count). The Morgan fingerprint density at radius 3 is 2.86 bits per heavy atom. The van der Waals surface area contributed by atoms with Crippen LogP contribution in [0.1, 0.15) is 12.8 Å². The number of hydrogen-bond acceptors (Lipinski definition) is 3. The zero-order valence-corrected chi connectivity index (χ0v) is 9.94. The van der Waals surface area contributed by atoms with E-state index in [2.05, 4.69) is 27.6 Å². The monoisotopic (exact) mass is 305 g/mol. The summed E-state index contributed by atoms with van der Waals surface area (Å²) < 4.78 is 12.0. The van der Waals surface area contributed by atoms with Crippen LogP contribution in [-0.4, -0.2) is 24.3 Å². The quantitative estimate of drug-likeness (QED) is 0.620. The SMILES string of the molecule is Ic1cccc(OC2CCOCC2)n1. The Morgan fingerprint density at radius 2 is 2.14 bits per heavy atom. The number of pyridine rings is 1. The lowest BCUT2D eigenvalue weighted by Gasteiger charge is -2.22. The van der Waals surface area contributed by atoms with E-state index < -0.39 is 0 Å². The van der Waals surface area contributed by atoms with E-state index >= 15 is 0 Å². The third kappa shape index (κ3) is 2.81. The zero-order chi connectivity index (χ0) is 9.80. The summed E-state index contributed by atoms with van der Waals surface area (Å²) in [7, 11) is 0. The van der Waals surface area contributed by atoms with E-state index in [0.717, 1.165) is 35.6 Å². The molecule has 1 fully saturated rings. The zero-order valence-electron chi connectivity index (χ0n) is 7.78. The summed E-state index contributed by atoms with van der Waals surface area (Å²) in [6, 6.07) is 5.82. The van der Waals surface area contributed by atoms with Gasteiger partial charge in [-0.1, -0.05) is 6.07 Å². The Bertz CT molecular complexity index is 300. The first-order valence-corrected chi connectivity index (χ1v) is 5.79. The number of aromatic nitrogens is 1. The van der Waals surface area contributed by atoms with Gasteiger partial charge in [0.15, 0.2) is 0 Å². The fourth-order valence-electron chi connectivity index (χ4n) is 1.42. The second-order valence-electron chi connectivity index (χ2n) is 3.23. The van der Waals surface area contributed by atoms with E-state index in [-0.39, 0.29) is 6.10 Å². The van der Waals surface area contributed by atoms with Crippen LogP contribution in [0, 0.1) is 3.70 Å². The van der Waals surface area contributed by atoms with Crippen LogP contribution in [0.4, 0.5) is 0 Å². The first kappa shape index (κ1) is 10.2. The second-order valence-corrected chi connectivity index (χ2v) is 4.33. The Morgan fingerprint density at radius 1 is 1.36 bits per heavy atom. The first-order chi connectivity index (χ1) is 6.84. The molecular weight excluding hydrogens is 293 g/mol. The van der Waals surface area contributed by atoms with Crippen LogP contribution in [0.2, 0.25) is 0 Å². The average molecular weight is 305 g/mol. The van der Waals surface area contributed by atoms with Gasteiger partial charge < -0.3 is 9.47 Å². The van der Waals surface area contributed by atoms with Crippen LogP contribution in [0.3, 0.4) is 0 Å². The van der Waals surface area contributed by atoms with Crippen LogP contribution in [-0.2, 0) is 4.74 Å². The van der Waals surface area contributed by atoms with Gasteiger partial charge in [0.2, 0.25) is 5.88 Å². The fraction of sp³-hybridized carbons (Fsp3) is 0.500. The van der Waals surface area contributed by atoms with Gasteiger partial charge in [-0.05, 0) is 28.7 Å². The summed E-state index contributed by atoms with van der Waals surface area (Å²) >= 11 is 2.18. The Hall–Kier alpha value is -0.360. The van der Waals surface area contributed by atoms with Crippen molar-refractivity contribution >= 4 is 22.6 Å². The van der Waals surface area contributed by atoms with Crippen molar-refractivity contribution in [2.24, 2.45) is 0 Å². The van der Waals surface area contributed by atoms with Crippen molar-refractivity contribution in [3.63, 3.8) is 0 Å². The minimum Gasteiger partial charge on any atom is -0.474 e. The van der Waals surface area contributed by atoms with Gasteiger partial charge in [0.1, 0.15) is 9.80 Å². The number of rotatable bonds is 2. The largest absolute Gasteiger partial charge is 0.474 e. The molecule has 0 bridgehead atoms. The van der Waals surface area contributed by atoms with Crippen molar-refractivity contribution in [2.75, 3.05) is 13.2 Å². The highest BCUT2D eigenvalue weighted by Gasteiger charge is 2.15. The van der Waals surface area contributed by atoms with Crippen molar-refractivity contribution in [2.45, 2.75) is 18.9 Å². The van der Waals surface area contributed by atoms with Crippen LogP contribution in [0.5, 0.6) is 5.88 Å². The van der Waals surface area contributed by atoms with E-state index in [1.807, 2.05) is 18.2 Å². The summed E-state index contributed by atoms with van der Waals surface area (Å²) in [5.74, 6) is 0.726. The third-order valence-electron chi connectivity index (χ3n) is 2.15. The van der Waals surface area contributed by atoms with Gasteiger partial charge in [-0.15, -0.1) is 0 Å². The molecule has 0 aromatic carbocycles. The molecule has 0 amide bonds. The van der Waals surface area contributed by atoms with Crippen molar-refractivity contribution in [1.29, 1.82) is 0 Å². The molecular formula is C10H12INO2. The molecule has 0 spiro atoms. The number of hydrogen-bond donors (Lipinski definition) is 0. The Kier molecular flexibility index (Phi) is 3.58. The lowest BCUT2D eigenvalue weighted by molar-refractivity contribution is 0.0237. The van der Waals surface area contributed by atoms with Crippen molar-refractivity contribution in [3.05, 3.63) is 21.9 Å². The van der Waals surface area contributed by atoms with Crippen molar-refractivity contribution < 1.29 is 9.47 Å². The molecule has 14 heavy (non-hydrogen) atoms. The van der Waals surface area contributed by atoms with Gasteiger partial charge in [-0.25, -0.2) is 4.98 Å². The van der Waals surface area contributed by atoms with Crippen LogP contribution in [0.15, 0.2) is 18.2 Å². The van der Waals surface area contributed by atoms with Gasteiger partial charge in [0.05, 0.1) is 13.2 Å². The smallest absolute Gasteiger partial charge is 0.214 e. The lowest BCUT2D eigenvalue weighted by Crippen LogP contribution is -2.26. The van der Waals surface area contributed by atoms with Gasteiger partial charge in [-0.3, -0.25) is 0 Å². The maximum Gasteiger partial charge on any atom is 0.214 e.